The fraction of sp³-hybridized carbons (Fsp3) is 0.462. The maximum Gasteiger partial charge on any atom is 0.150 e. The normalized spacial score (nSPS) is 10.1. The van der Waals surface area contributed by atoms with Crippen molar-refractivity contribution < 1.29 is 14.3 Å². The molecule has 0 atom stereocenters. The summed E-state index contributed by atoms with van der Waals surface area (Å²) in [4.78, 5) is 10.7. The molecule has 1 rings (SSSR count). The highest BCUT2D eigenvalue weighted by Gasteiger charge is 2.00. The number of aryl methyl sites for hydroxylation is 1. The number of rotatable bonds is 7. The van der Waals surface area contributed by atoms with Gasteiger partial charge in [-0.3, -0.25) is 4.79 Å². The summed E-state index contributed by atoms with van der Waals surface area (Å²) >= 11 is 0. The van der Waals surface area contributed by atoms with Crippen molar-refractivity contribution in [1.82, 2.24) is 0 Å². The van der Waals surface area contributed by atoms with Gasteiger partial charge >= 0.3 is 0 Å². The van der Waals surface area contributed by atoms with Crippen LogP contribution in [0.25, 0.3) is 0 Å². The summed E-state index contributed by atoms with van der Waals surface area (Å²) in [6, 6.07) is 5.62. The van der Waals surface area contributed by atoms with Gasteiger partial charge in [0.1, 0.15) is 12.0 Å². The number of carbonyl (C=O) groups excluding carboxylic acids is 1. The minimum absolute atomic E-state index is 0.610. The zero-order valence-corrected chi connectivity index (χ0v) is 9.86. The predicted octanol–water partition coefficient (Wildman–Crippen LogP) is 2.48. The molecule has 88 valence electrons. The SMILES string of the molecule is CCc1cc(C=O)cc(OCCCOC)c1. The van der Waals surface area contributed by atoms with Crippen molar-refractivity contribution in [2.75, 3.05) is 20.3 Å². The van der Waals surface area contributed by atoms with Crippen molar-refractivity contribution in [3.63, 3.8) is 0 Å². The van der Waals surface area contributed by atoms with E-state index in [2.05, 4.69) is 6.92 Å². The van der Waals surface area contributed by atoms with Crippen LogP contribution < -0.4 is 4.74 Å². The van der Waals surface area contributed by atoms with Crippen molar-refractivity contribution in [3.05, 3.63) is 29.3 Å². The molecule has 0 N–H and O–H groups in total. The Morgan fingerprint density at radius 1 is 1.25 bits per heavy atom. The highest BCUT2D eigenvalue weighted by atomic mass is 16.5. The number of methoxy groups -OCH3 is 1. The Hall–Kier alpha value is -1.35. The van der Waals surface area contributed by atoms with E-state index in [0.29, 0.717) is 18.8 Å². The number of benzene rings is 1. The van der Waals surface area contributed by atoms with Gasteiger partial charge in [0.25, 0.3) is 0 Å². The minimum Gasteiger partial charge on any atom is -0.493 e. The number of carbonyl (C=O) groups is 1. The van der Waals surface area contributed by atoms with E-state index in [1.165, 1.54) is 0 Å². The standard InChI is InChI=1S/C13H18O3/c1-3-11-7-12(10-14)9-13(8-11)16-6-4-5-15-2/h7-10H,3-6H2,1-2H3. The lowest BCUT2D eigenvalue weighted by Gasteiger charge is -2.08. The van der Waals surface area contributed by atoms with Crippen molar-refractivity contribution in [2.45, 2.75) is 19.8 Å². The molecule has 0 aliphatic heterocycles. The zero-order valence-electron chi connectivity index (χ0n) is 9.86. The molecule has 0 saturated heterocycles. The lowest BCUT2D eigenvalue weighted by Crippen LogP contribution is -2.02. The van der Waals surface area contributed by atoms with E-state index in [9.17, 15) is 4.79 Å². The fourth-order valence-corrected chi connectivity index (χ4v) is 1.43. The van der Waals surface area contributed by atoms with Crippen LogP contribution in [0, 0.1) is 0 Å². The van der Waals surface area contributed by atoms with Gasteiger partial charge in [0.05, 0.1) is 6.61 Å². The van der Waals surface area contributed by atoms with Crippen LogP contribution in [0.15, 0.2) is 18.2 Å². The molecule has 16 heavy (non-hydrogen) atoms. The van der Waals surface area contributed by atoms with Gasteiger partial charge in [-0.1, -0.05) is 6.92 Å². The third-order valence-electron chi connectivity index (χ3n) is 2.29. The van der Waals surface area contributed by atoms with Crippen LogP contribution in [-0.4, -0.2) is 26.6 Å². The largest absolute Gasteiger partial charge is 0.493 e. The summed E-state index contributed by atoms with van der Waals surface area (Å²) in [7, 11) is 1.67. The molecule has 0 radical (unpaired) electrons. The smallest absolute Gasteiger partial charge is 0.150 e. The van der Waals surface area contributed by atoms with Crippen LogP contribution in [0.2, 0.25) is 0 Å². The first-order valence-corrected chi connectivity index (χ1v) is 5.51. The molecule has 0 bridgehead atoms. The van der Waals surface area contributed by atoms with Crippen LogP contribution in [0.5, 0.6) is 5.75 Å². The van der Waals surface area contributed by atoms with Gasteiger partial charge in [-0.05, 0) is 30.2 Å². The van der Waals surface area contributed by atoms with Crippen LogP contribution in [0.1, 0.15) is 29.3 Å². The zero-order chi connectivity index (χ0) is 11.8. The summed E-state index contributed by atoms with van der Waals surface area (Å²) in [5.41, 5.74) is 1.78. The predicted molar refractivity (Wildman–Crippen MR) is 63.2 cm³/mol. The van der Waals surface area contributed by atoms with E-state index in [1.807, 2.05) is 12.1 Å². The van der Waals surface area contributed by atoms with Crippen molar-refractivity contribution in [3.8, 4) is 5.75 Å². The van der Waals surface area contributed by atoms with E-state index >= 15 is 0 Å². The average Bonchev–Trinajstić information content (AvgIpc) is 2.34. The van der Waals surface area contributed by atoms with Crippen molar-refractivity contribution in [1.29, 1.82) is 0 Å². The number of hydrogen-bond acceptors (Lipinski definition) is 3. The van der Waals surface area contributed by atoms with Crippen molar-refractivity contribution in [2.24, 2.45) is 0 Å². The Morgan fingerprint density at radius 3 is 2.69 bits per heavy atom. The second kappa shape index (κ2) is 7.01. The topological polar surface area (TPSA) is 35.5 Å². The first-order chi connectivity index (χ1) is 7.80. The van der Waals surface area contributed by atoms with Gasteiger partial charge in [-0.15, -0.1) is 0 Å². The molecule has 0 amide bonds. The maximum absolute atomic E-state index is 10.7. The van der Waals surface area contributed by atoms with Gasteiger partial charge in [-0.25, -0.2) is 0 Å². The number of ether oxygens (including phenoxy) is 2. The summed E-state index contributed by atoms with van der Waals surface area (Å²) in [6.45, 7) is 3.35. The Bertz CT molecular complexity index is 334. The van der Waals surface area contributed by atoms with Gasteiger partial charge < -0.3 is 9.47 Å². The molecule has 0 fully saturated rings. The van der Waals surface area contributed by atoms with Crippen LogP contribution in [0.4, 0.5) is 0 Å². The average molecular weight is 222 g/mol. The van der Waals surface area contributed by atoms with Gasteiger partial charge in [-0.2, -0.15) is 0 Å². The van der Waals surface area contributed by atoms with Crippen molar-refractivity contribution >= 4 is 6.29 Å². The van der Waals surface area contributed by atoms with Crippen LogP contribution in [0.3, 0.4) is 0 Å². The van der Waals surface area contributed by atoms with Gasteiger partial charge in [0.2, 0.25) is 0 Å². The molecule has 0 aromatic heterocycles. The third kappa shape index (κ3) is 4.03. The van der Waals surface area contributed by atoms with Gasteiger partial charge in [0.15, 0.2) is 0 Å². The first-order valence-electron chi connectivity index (χ1n) is 5.51. The van der Waals surface area contributed by atoms with E-state index < -0.39 is 0 Å². The highest BCUT2D eigenvalue weighted by Crippen LogP contribution is 2.17. The quantitative estimate of drug-likeness (QED) is 0.525. The first kappa shape index (κ1) is 12.7. The molecule has 0 heterocycles. The number of aldehydes is 1. The molecule has 1 aromatic rings. The lowest BCUT2D eigenvalue weighted by atomic mass is 10.1. The molecular weight excluding hydrogens is 204 g/mol. The molecule has 0 aliphatic rings. The molecule has 0 spiro atoms. The second-order valence-electron chi connectivity index (χ2n) is 3.58. The molecular formula is C13H18O3. The Balaban J connectivity index is 2.60. The van der Waals surface area contributed by atoms with Crippen LogP contribution >= 0.6 is 0 Å². The Morgan fingerprint density at radius 2 is 2.06 bits per heavy atom. The highest BCUT2D eigenvalue weighted by molar-refractivity contribution is 5.76. The molecule has 0 unspecified atom stereocenters. The third-order valence-corrected chi connectivity index (χ3v) is 2.29. The maximum atomic E-state index is 10.7. The molecule has 0 saturated carbocycles. The van der Waals surface area contributed by atoms with E-state index in [1.54, 1.807) is 13.2 Å². The molecule has 1 aromatic carbocycles. The fourth-order valence-electron chi connectivity index (χ4n) is 1.43. The second-order valence-corrected chi connectivity index (χ2v) is 3.58. The molecule has 3 heteroatoms. The van der Waals surface area contributed by atoms with Crippen LogP contribution in [-0.2, 0) is 11.2 Å². The molecule has 0 aliphatic carbocycles. The summed E-state index contributed by atoms with van der Waals surface area (Å²) in [5, 5.41) is 0. The van der Waals surface area contributed by atoms with E-state index in [4.69, 9.17) is 9.47 Å². The lowest BCUT2D eigenvalue weighted by molar-refractivity contribution is 0.112. The minimum atomic E-state index is 0.610. The Labute approximate surface area is 96.4 Å². The summed E-state index contributed by atoms with van der Waals surface area (Å²) in [5.74, 6) is 0.762. The van der Waals surface area contributed by atoms with E-state index in [0.717, 1.165) is 30.4 Å². The summed E-state index contributed by atoms with van der Waals surface area (Å²) < 4.78 is 10.5. The van der Waals surface area contributed by atoms with E-state index in [-0.39, 0.29) is 0 Å². The monoisotopic (exact) mass is 222 g/mol. The van der Waals surface area contributed by atoms with Gasteiger partial charge in [0, 0.05) is 25.7 Å². The molecule has 3 nitrogen and oxygen atoms in total. The number of hydrogen-bond donors (Lipinski definition) is 0. The summed E-state index contributed by atoms with van der Waals surface area (Å²) in [6.07, 6.45) is 2.60. The Kier molecular flexibility index (Phi) is 5.57.